The SMILES string of the molecule is COC(=O)CCCCN1C(=O)[C@@]2(O[C@@H](CCn3cc(C(CO)c4ccccc4)nn3)[C@H]([Si](C)(C)O)[C@H]2C)c2cc([N+](=O)[O-])ccc21. The van der Waals surface area contributed by atoms with Gasteiger partial charge in [0, 0.05) is 54.9 Å². The van der Waals surface area contributed by atoms with E-state index < -0.39 is 30.9 Å². The van der Waals surface area contributed by atoms with Crippen LogP contribution in [0.15, 0.2) is 54.7 Å². The van der Waals surface area contributed by atoms with Crippen molar-refractivity contribution in [2.45, 2.75) is 75.4 Å². The summed E-state index contributed by atoms with van der Waals surface area (Å²) < 4.78 is 13.2. The second-order valence-corrected chi connectivity index (χ2v) is 16.6. The summed E-state index contributed by atoms with van der Waals surface area (Å²) in [6.07, 6.45) is 2.88. The van der Waals surface area contributed by atoms with E-state index in [0.717, 1.165) is 5.56 Å². The molecular weight excluding hydrogens is 610 g/mol. The highest BCUT2D eigenvalue weighted by atomic mass is 28.4. The summed E-state index contributed by atoms with van der Waals surface area (Å²) >= 11 is 0. The number of hydrogen-bond acceptors (Lipinski definition) is 10. The highest BCUT2D eigenvalue weighted by Crippen LogP contribution is 2.60. The van der Waals surface area contributed by atoms with E-state index in [1.807, 2.05) is 50.3 Å². The van der Waals surface area contributed by atoms with Crippen molar-refractivity contribution in [3.05, 3.63) is 81.7 Å². The van der Waals surface area contributed by atoms with Gasteiger partial charge in [0.15, 0.2) is 13.9 Å². The molecule has 0 bridgehead atoms. The number of fused-ring (bicyclic) bond motifs is 2. The van der Waals surface area contributed by atoms with Crippen LogP contribution in [0.3, 0.4) is 0 Å². The number of hydrogen-bond donors (Lipinski definition) is 2. The fourth-order valence-electron chi connectivity index (χ4n) is 7.21. The fourth-order valence-corrected chi connectivity index (χ4v) is 9.81. The standard InChI is InChI=1S/C32H41N5O8Si/c1-21-30(46(3,4)43)28(15-17-35-19-26(33-34-35)24(20-38)22-10-6-5-7-11-22)45-32(21)25-18-23(37(41)42)13-14-27(25)36(31(32)40)16-9-8-12-29(39)44-2/h5-7,10-11,13-14,18-19,21,24,28,30,38,43H,8-9,12,15-17,20H2,1-4H3/t21-,24?,28+,30-,32+/m1/s1. The van der Waals surface area contributed by atoms with Crippen molar-refractivity contribution in [2.75, 3.05) is 25.2 Å². The Hall–Kier alpha value is -3.98. The van der Waals surface area contributed by atoms with Crippen molar-refractivity contribution in [3.8, 4) is 0 Å². The maximum Gasteiger partial charge on any atom is 0.305 e. The van der Waals surface area contributed by atoms with Gasteiger partial charge in [-0.05, 0) is 44.0 Å². The molecule has 1 saturated heterocycles. The maximum absolute atomic E-state index is 14.4. The van der Waals surface area contributed by atoms with E-state index in [0.29, 0.717) is 49.3 Å². The molecule has 5 atom stereocenters. The molecule has 0 saturated carbocycles. The highest BCUT2D eigenvalue weighted by Gasteiger charge is 2.66. The summed E-state index contributed by atoms with van der Waals surface area (Å²) in [5.74, 6) is -1.48. The minimum absolute atomic E-state index is 0.131. The van der Waals surface area contributed by atoms with E-state index in [2.05, 4.69) is 10.3 Å². The van der Waals surface area contributed by atoms with Gasteiger partial charge < -0.3 is 24.3 Å². The van der Waals surface area contributed by atoms with Crippen LogP contribution in [-0.4, -0.2) is 76.4 Å². The Morgan fingerprint density at radius 1 is 1.20 bits per heavy atom. The smallest absolute Gasteiger partial charge is 0.305 e. The minimum atomic E-state index is -2.96. The summed E-state index contributed by atoms with van der Waals surface area (Å²) in [5.41, 5.74) is 0.456. The Morgan fingerprint density at radius 2 is 1.93 bits per heavy atom. The number of carbonyl (C=O) groups excluding carboxylic acids is 2. The summed E-state index contributed by atoms with van der Waals surface area (Å²) in [5, 5.41) is 30.5. The molecule has 5 rings (SSSR count). The number of carbonyl (C=O) groups is 2. The molecule has 3 heterocycles. The zero-order valence-corrected chi connectivity index (χ0v) is 27.5. The van der Waals surface area contributed by atoms with E-state index in [1.165, 1.54) is 19.2 Å². The molecule has 0 aliphatic carbocycles. The number of ether oxygens (including phenoxy) is 2. The topological polar surface area (TPSA) is 170 Å². The van der Waals surface area contributed by atoms with E-state index in [-0.39, 0.29) is 42.1 Å². The second kappa shape index (κ2) is 13.4. The first-order valence-corrected chi connectivity index (χ1v) is 18.6. The number of esters is 1. The van der Waals surface area contributed by atoms with Gasteiger partial charge >= 0.3 is 5.97 Å². The quantitative estimate of drug-likeness (QED) is 0.0909. The van der Waals surface area contributed by atoms with Gasteiger partial charge in [0.2, 0.25) is 0 Å². The van der Waals surface area contributed by atoms with Crippen LogP contribution < -0.4 is 4.90 Å². The fraction of sp³-hybridized carbons (Fsp3) is 0.500. The number of nitro groups is 1. The molecule has 1 fully saturated rings. The molecule has 46 heavy (non-hydrogen) atoms. The maximum atomic E-state index is 14.4. The third-order valence-corrected chi connectivity index (χ3v) is 11.9. The monoisotopic (exact) mass is 651 g/mol. The Labute approximate surface area is 268 Å². The van der Waals surface area contributed by atoms with Crippen LogP contribution in [0.4, 0.5) is 11.4 Å². The third kappa shape index (κ3) is 6.21. The lowest BCUT2D eigenvalue weighted by atomic mass is 9.82. The number of anilines is 1. The molecule has 1 aromatic heterocycles. The minimum Gasteiger partial charge on any atom is -0.469 e. The lowest BCUT2D eigenvalue weighted by molar-refractivity contribution is -0.385. The molecule has 1 amide bonds. The van der Waals surface area contributed by atoms with Gasteiger partial charge in [0.05, 0.1) is 42.0 Å². The number of non-ortho nitro benzene ring substituents is 1. The summed E-state index contributed by atoms with van der Waals surface area (Å²) in [6.45, 7) is 6.07. The van der Waals surface area contributed by atoms with Crippen LogP contribution in [0.5, 0.6) is 0 Å². The Kier molecular flexibility index (Phi) is 9.72. The molecule has 14 heteroatoms. The predicted octanol–water partition coefficient (Wildman–Crippen LogP) is 3.89. The van der Waals surface area contributed by atoms with Crippen LogP contribution in [0, 0.1) is 16.0 Å². The number of methoxy groups -OCH3 is 1. The predicted molar refractivity (Wildman–Crippen MR) is 170 cm³/mol. The van der Waals surface area contributed by atoms with Crippen molar-refractivity contribution >= 4 is 31.6 Å². The summed E-state index contributed by atoms with van der Waals surface area (Å²) in [4.78, 5) is 50.5. The van der Waals surface area contributed by atoms with Gasteiger partial charge in [-0.15, -0.1) is 5.10 Å². The highest BCUT2D eigenvalue weighted by molar-refractivity contribution is 6.71. The molecule has 2 aliphatic heterocycles. The molecule has 3 aromatic rings. The molecule has 246 valence electrons. The van der Waals surface area contributed by atoms with Gasteiger partial charge in [-0.3, -0.25) is 24.4 Å². The Balaban J connectivity index is 1.43. The number of aliphatic hydroxyl groups is 1. The van der Waals surface area contributed by atoms with Gasteiger partial charge in [-0.1, -0.05) is 42.5 Å². The largest absolute Gasteiger partial charge is 0.469 e. The second-order valence-electron chi connectivity index (χ2n) is 12.6. The number of nitrogens with zero attached hydrogens (tertiary/aromatic N) is 5. The summed E-state index contributed by atoms with van der Waals surface area (Å²) in [7, 11) is -1.63. The number of nitro benzene ring substituents is 1. The first-order valence-electron chi connectivity index (χ1n) is 15.6. The van der Waals surface area contributed by atoms with Crippen molar-refractivity contribution in [3.63, 3.8) is 0 Å². The molecule has 0 radical (unpaired) electrons. The molecule has 1 spiro atoms. The van der Waals surface area contributed by atoms with Crippen molar-refractivity contribution in [1.82, 2.24) is 15.0 Å². The molecular formula is C32H41N5O8Si. The van der Waals surface area contributed by atoms with Crippen LogP contribution in [0.2, 0.25) is 18.6 Å². The number of rotatable bonds is 13. The molecule has 2 aliphatic rings. The van der Waals surface area contributed by atoms with E-state index in [4.69, 9.17) is 9.47 Å². The van der Waals surface area contributed by atoms with Crippen LogP contribution >= 0.6 is 0 Å². The van der Waals surface area contributed by atoms with E-state index >= 15 is 0 Å². The van der Waals surface area contributed by atoms with E-state index in [9.17, 15) is 29.6 Å². The average molecular weight is 652 g/mol. The van der Waals surface area contributed by atoms with Crippen LogP contribution in [-0.2, 0) is 31.2 Å². The normalized spacial score (nSPS) is 23.1. The number of unbranched alkanes of at least 4 members (excludes halogenated alkanes) is 1. The lowest BCUT2D eigenvalue weighted by Gasteiger charge is -2.32. The number of benzene rings is 2. The Morgan fingerprint density at radius 3 is 2.59 bits per heavy atom. The zero-order valence-electron chi connectivity index (χ0n) is 26.5. The number of aryl methyl sites for hydroxylation is 1. The first-order chi connectivity index (χ1) is 21.9. The number of aromatic nitrogens is 3. The van der Waals surface area contributed by atoms with Crippen molar-refractivity contribution < 1.29 is 33.9 Å². The number of amides is 1. The molecule has 1 unspecified atom stereocenters. The molecule has 13 nitrogen and oxygen atoms in total. The number of aliphatic hydroxyl groups excluding tert-OH is 1. The zero-order chi connectivity index (χ0) is 33.2. The average Bonchev–Trinajstić information content (AvgIpc) is 3.68. The van der Waals surface area contributed by atoms with Crippen molar-refractivity contribution in [2.24, 2.45) is 5.92 Å². The van der Waals surface area contributed by atoms with Gasteiger partial charge in [0.25, 0.3) is 11.6 Å². The van der Waals surface area contributed by atoms with Crippen molar-refractivity contribution in [1.29, 1.82) is 0 Å². The van der Waals surface area contributed by atoms with E-state index in [1.54, 1.807) is 21.8 Å². The van der Waals surface area contributed by atoms with Gasteiger partial charge in [0.1, 0.15) is 0 Å². The molecule has 2 N–H and O–H groups in total. The van der Waals surface area contributed by atoms with Gasteiger partial charge in [-0.25, -0.2) is 0 Å². The first kappa shape index (κ1) is 33.4. The summed E-state index contributed by atoms with van der Waals surface area (Å²) in [6, 6.07) is 13.9. The third-order valence-electron chi connectivity index (χ3n) is 9.36. The van der Waals surface area contributed by atoms with Crippen LogP contribution in [0.1, 0.15) is 55.3 Å². The van der Waals surface area contributed by atoms with Crippen LogP contribution in [0.25, 0.3) is 0 Å². The molecule has 2 aromatic carbocycles. The van der Waals surface area contributed by atoms with Gasteiger partial charge in [-0.2, -0.15) is 0 Å². The Bertz CT molecular complexity index is 1580. The lowest BCUT2D eigenvalue weighted by Crippen LogP contribution is -2.46.